The molecule has 1 heterocycles. The number of azo groups is 1. The number of rotatable bonds is 6. The molecule has 0 saturated carbocycles. The molecule has 0 atom stereocenters. The summed E-state index contributed by atoms with van der Waals surface area (Å²) in [6.07, 6.45) is 0. The van der Waals surface area contributed by atoms with E-state index >= 15 is 0 Å². The van der Waals surface area contributed by atoms with Gasteiger partial charge in [0.1, 0.15) is 0 Å². The number of benzene rings is 2. The van der Waals surface area contributed by atoms with Crippen LogP contribution in [0, 0.1) is 5.41 Å². The molecule has 28 heavy (non-hydrogen) atoms. The number of aromatic nitrogens is 1. The second-order valence-electron chi connectivity index (χ2n) is 5.79. The minimum Gasteiger partial charge on any atom is -0.306 e. The van der Waals surface area contributed by atoms with Crippen LogP contribution in [-0.2, 0) is 11.3 Å². The summed E-state index contributed by atoms with van der Waals surface area (Å²) >= 11 is 12.9. The molecule has 0 fully saturated rings. The Morgan fingerprint density at radius 3 is 2.39 bits per heavy atom. The van der Waals surface area contributed by atoms with Crippen molar-refractivity contribution in [2.45, 2.75) is 13.5 Å². The monoisotopic (exact) mass is 432 g/mol. The lowest BCUT2D eigenvalue weighted by Crippen LogP contribution is -2.17. The molecule has 0 spiro atoms. The summed E-state index contributed by atoms with van der Waals surface area (Å²) in [6.45, 7) is 1.31. The maximum atomic E-state index is 11.5. The Balaban J connectivity index is 2.08. The van der Waals surface area contributed by atoms with E-state index in [0.717, 1.165) is 11.3 Å². The third-order valence-electron chi connectivity index (χ3n) is 3.85. The summed E-state index contributed by atoms with van der Waals surface area (Å²) in [4.78, 5) is 22.9. The van der Waals surface area contributed by atoms with Crippen LogP contribution in [0.2, 0.25) is 5.02 Å². The average Bonchev–Trinajstić information content (AvgIpc) is 2.95. The number of nitrogens with one attached hydrogen (secondary N) is 1. The molecule has 3 rings (SSSR count). The van der Waals surface area contributed by atoms with Gasteiger partial charge >= 0.3 is 0 Å². The van der Waals surface area contributed by atoms with Gasteiger partial charge in [0.2, 0.25) is 5.24 Å². The highest BCUT2D eigenvalue weighted by Crippen LogP contribution is 2.37. The molecule has 1 N–H and O–H groups in total. The topological polar surface area (TPSA) is 87.6 Å². The van der Waals surface area contributed by atoms with E-state index in [2.05, 4.69) is 10.2 Å². The second-order valence-corrected chi connectivity index (χ2v) is 7.59. The summed E-state index contributed by atoms with van der Waals surface area (Å²) in [5.41, 5.74) is 2.25. The van der Waals surface area contributed by atoms with Crippen molar-refractivity contribution in [3.05, 3.63) is 63.9 Å². The Hall–Kier alpha value is -2.61. The van der Waals surface area contributed by atoms with E-state index in [4.69, 9.17) is 28.6 Å². The average molecular weight is 433 g/mol. The quantitative estimate of drug-likeness (QED) is 0.306. The third kappa shape index (κ3) is 4.44. The number of nitrogens with zero attached hydrogens (tertiary/aromatic N) is 3. The summed E-state index contributed by atoms with van der Waals surface area (Å²) in [6, 6.07) is 13.8. The Kier molecular flexibility index (Phi) is 6.18. The van der Waals surface area contributed by atoms with Crippen molar-refractivity contribution in [2.75, 3.05) is 0 Å². The molecule has 0 unspecified atom stereocenters. The van der Waals surface area contributed by atoms with Gasteiger partial charge < -0.3 is 4.57 Å². The lowest BCUT2D eigenvalue weighted by atomic mass is 10.1. The third-order valence-corrected chi connectivity index (χ3v) is 5.18. The molecule has 0 aliphatic heterocycles. The van der Waals surface area contributed by atoms with Gasteiger partial charge in [-0.3, -0.25) is 15.0 Å². The smallest absolute Gasteiger partial charge is 0.241 e. The largest absolute Gasteiger partial charge is 0.306 e. The molecular formula is C19H14Cl2N4O2S. The van der Waals surface area contributed by atoms with Crippen molar-refractivity contribution in [2.24, 2.45) is 10.2 Å². The first-order valence-electron chi connectivity index (χ1n) is 8.11. The first kappa shape index (κ1) is 20.1. The highest BCUT2D eigenvalue weighted by atomic mass is 35.5. The number of hydrogen-bond acceptors (Lipinski definition) is 6. The van der Waals surface area contributed by atoms with Gasteiger partial charge in [-0.05, 0) is 48.9 Å². The molecule has 6 nitrogen and oxygen atoms in total. The van der Waals surface area contributed by atoms with Gasteiger partial charge in [0.25, 0.3) is 0 Å². The molecule has 3 aromatic rings. The highest BCUT2D eigenvalue weighted by Gasteiger charge is 2.18. The van der Waals surface area contributed by atoms with Crippen molar-refractivity contribution < 1.29 is 9.59 Å². The SMILES string of the molecule is CC(=O)c1ccc(N=Nc2sc(=N)n(CC(=O)Cl)c2-c2ccccc2Cl)cc1. The number of hydrogen-bond donors (Lipinski definition) is 1. The molecule has 2 aromatic carbocycles. The van der Waals surface area contributed by atoms with Crippen molar-refractivity contribution >= 4 is 56.3 Å². The minimum absolute atomic E-state index is 0.0339. The van der Waals surface area contributed by atoms with Crippen LogP contribution in [0.5, 0.6) is 0 Å². The minimum atomic E-state index is -0.604. The van der Waals surface area contributed by atoms with E-state index in [9.17, 15) is 9.59 Å². The van der Waals surface area contributed by atoms with E-state index in [-0.39, 0.29) is 17.1 Å². The summed E-state index contributed by atoms with van der Waals surface area (Å²) in [5, 5.41) is 16.9. The number of Topliss-reactive ketones (excluding diaryl/α,β-unsaturated/α-hetero) is 1. The molecule has 0 aliphatic carbocycles. The summed E-state index contributed by atoms with van der Waals surface area (Å²) in [5.74, 6) is -0.0339. The van der Waals surface area contributed by atoms with E-state index in [0.29, 0.717) is 32.5 Å². The van der Waals surface area contributed by atoms with Crippen LogP contribution >= 0.6 is 34.5 Å². The van der Waals surface area contributed by atoms with Gasteiger partial charge in [-0.15, -0.1) is 10.2 Å². The molecule has 1 aromatic heterocycles. The van der Waals surface area contributed by atoms with Gasteiger partial charge in [-0.25, -0.2) is 0 Å². The lowest BCUT2D eigenvalue weighted by Gasteiger charge is -2.08. The van der Waals surface area contributed by atoms with E-state index in [1.54, 1.807) is 48.5 Å². The predicted molar refractivity (Wildman–Crippen MR) is 110 cm³/mol. The molecule has 9 heteroatoms. The van der Waals surface area contributed by atoms with Crippen LogP contribution in [0.1, 0.15) is 17.3 Å². The van der Waals surface area contributed by atoms with Gasteiger partial charge in [-0.2, -0.15) is 0 Å². The molecule has 0 aliphatic rings. The number of carbonyl (C=O) groups is 2. The van der Waals surface area contributed by atoms with Crippen LogP contribution in [0.15, 0.2) is 58.8 Å². The Labute approximate surface area is 174 Å². The first-order chi connectivity index (χ1) is 13.4. The molecule has 0 saturated heterocycles. The van der Waals surface area contributed by atoms with Crippen LogP contribution < -0.4 is 4.80 Å². The molecule has 0 bridgehead atoms. The fourth-order valence-electron chi connectivity index (χ4n) is 2.53. The van der Waals surface area contributed by atoms with Crippen molar-refractivity contribution in [1.82, 2.24) is 4.57 Å². The number of halogens is 2. The Morgan fingerprint density at radius 1 is 1.11 bits per heavy atom. The standard InChI is InChI=1S/C19H14Cl2N4O2S/c1-11(26)12-6-8-13(9-7-12)23-24-18-17(14-4-2-3-5-15(14)20)25(10-16(21)27)19(22)28-18/h2-9,22H,10H2,1H3. The van der Waals surface area contributed by atoms with E-state index in [1.165, 1.54) is 11.5 Å². The first-order valence-corrected chi connectivity index (χ1v) is 9.68. The van der Waals surface area contributed by atoms with E-state index in [1.807, 2.05) is 0 Å². The van der Waals surface area contributed by atoms with Crippen molar-refractivity contribution in [1.29, 1.82) is 5.41 Å². The molecule has 0 radical (unpaired) electrons. The highest BCUT2D eigenvalue weighted by molar-refractivity contribution is 7.13. The van der Waals surface area contributed by atoms with E-state index < -0.39 is 5.24 Å². The molecular weight excluding hydrogens is 419 g/mol. The summed E-state index contributed by atoms with van der Waals surface area (Å²) in [7, 11) is 0. The Morgan fingerprint density at radius 2 is 1.79 bits per heavy atom. The number of carbonyl (C=O) groups excluding carboxylic acids is 2. The van der Waals surface area contributed by atoms with Gasteiger partial charge in [-0.1, -0.05) is 41.1 Å². The van der Waals surface area contributed by atoms with Gasteiger partial charge in [0.05, 0.1) is 17.9 Å². The zero-order chi connectivity index (χ0) is 20.3. The number of thiazole rings is 1. The van der Waals surface area contributed by atoms with Crippen molar-refractivity contribution in [3.8, 4) is 11.3 Å². The number of ketones is 1. The van der Waals surface area contributed by atoms with Crippen LogP contribution in [-0.4, -0.2) is 15.6 Å². The maximum Gasteiger partial charge on any atom is 0.241 e. The normalized spacial score (nSPS) is 11.1. The fraction of sp³-hybridized carbons (Fsp3) is 0.105. The van der Waals surface area contributed by atoms with Crippen molar-refractivity contribution in [3.63, 3.8) is 0 Å². The molecule has 0 amide bonds. The maximum absolute atomic E-state index is 11.5. The van der Waals surface area contributed by atoms with Crippen LogP contribution in [0.25, 0.3) is 11.3 Å². The van der Waals surface area contributed by atoms with Gasteiger partial charge in [0, 0.05) is 16.1 Å². The fourth-order valence-corrected chi connectivity index (χ4v) is 3.73. The molecule has 142 valence electrons. The zero-order valence-corrected chi connectivity index (χ0v) is 17.0. The lowest BCUT2D eigenvalue weighted by molar-refractivity contribution is -0.112. The van der Waals surface area contributed by atoms with Crippen LogP contribution in [0.4, 0.5) is 10.7 Å². The van der Waals surface area contributed by atoms with Crippen LogP contribution in [0.3, 0.4) is 0 Å². The predicted octanol–water partition coefficient (Wildman–Crippen LogP) is 5.73. The Bertz CT molecular complexity index is 1130. The summed E-state index contributed by atoms with van der Waals surface area (Å²) < 4.78 is 1.45. The second kappa shape index (κ2) is 8.60. The zero-order valence-electron chi connectivity index (χ0n) is 14.6. The van der Waals surface area contributed by atoms with Gasteiger partial charge in [0.15, 0.2) is 15.6 Å².